The quantitative estimate of drug-likeness (QED) is 0.737. The highest BCUT2D eigenvalue weighted by atomic mass is 16.2. The number of anilines is 1. The number of aromatic nitrogens is 1. The predicted octanol–water partition coefficient (Wildman–Crippen LogP) is 0.983. The van der Waals surface area contributed by atoms with Crippen LogP contribution in [0.1, 0.15) is 45.6 Å². The fraction of sp³-hybridized carbons (Fsp3) is 0.364. The van der Waals surface area contributed by atoms with Crippen molar-refractivity contribution >= 4 is 23.4 Å². The van der Waals surface area contributed by atoms with Crippen LogP contribution in [0.15, 0.2) is 30.5 Å². The zero-order valence-electron chi connectivity index (χ0n) is 16.6. The number of benzene rings is 1. The van der Waals surface area contributed by atoms with Crippen LogP contribution >= 0.6 is 0 Å². The van der Waals surface area contributed by atoms with Gasteiger partial charge in [0.15, 0.2) is 0 Å². The van der Waals surface area contributed by atoms with Gasteiger partial charge in [0, 0.05) is 38.2 Å². The molecule has 1 unspecified atom stereocenters. The first-order valence-electron chi connectivity index (χ1n) is 10.2. The Morgan fingerprint density at radius 2 is 2.03 bits per heavy atom. The van der Waals surface area contributed by atoms with Crippen LogP contribution in [0, 0.1) is 0 Å². The summed E-state index contributed by atoms with van der Waals surface area (Å²) >= 11 is 0. The van der Waals surface area contributed by atoms with Crippen LogP contribution in [-0.2, 0) is 35.6 Å². The Balaban J connectivity index is 1.35. The van der Waals surface area contributed by atoms with Gasteiger partial charge in [0.05, 0.1) is 17.6 Å². The monoisotopic (exact) mass is 405 g/mol. The van der Waals surface area contributed by atoms with Gasteiger partial charge in [-0.05, 0) is 41.7 Å². The molecule has 1 saturated heterocycles. The summed E-state index contributed by atoms with van der Waals surface area (Å²) in [5.74, 6) is -0.795. The molecule has 3 aliphatic heterocycles. The molecule has 2 aromatic rings. The second-order valence-electron chi connectivity index (χ2n) is 8.18. The number of fused-ring (bicyclic) bond motifs is 2. The van der Waals surface area contributed by atoms with Gasteiger partial charge in [0.25, 0.3) is 5.91 Å². The average molecular weight is 405 g/mol. The summed E-state index contributed by atoms with van der Waals surface area (Å²) in [4.78, 5) is 45.1. The number of imide groups is 1. The highest BCUT2D eigenvalue weighted by Crippen LogP contribution is 2.31. The number of pyridine rings is 1. The van der Waals surface area contributed by atoms with Crippen LogP contribution in [-0.4, -0.2) is 45.1 Å². The molecule has 0 bridgehead atoms. The molecular weight excluding hydrogens is 382 g/mol. The zero-order valence-corrected chi connectivity index (χ0v) is 16.6. The summed E-state index contributed by atoms with van der Waals surface area (Å²) in [5.41, 5.74) is 11.5. The second-order valence-corrected chi connectivity index (χ2v) is 8.18. The van der Waals surface area contributed by atoms with E-state index in [0.29, 0.717) is 30.8 Å². The highest BCUT2D eigenvalue weighted by Gasteiger charge is 2.39. The van der Waals surface area contributed by atoms with Gasteiger partial charge in [-0.1, -0.05) is 12.1 Å². The third kappa shape index (κ3) is 3.23. The van der Waals surface area contributed by atoms with E-state index in [1.165, 1.54) is 5.56 Å². The number of nitrogens with one attached hydrogen (secondary N) is 1. The molecule has 8 nitrogen and oxygen atoms in total. The van der Waals surface area contributed by atoms with Crippen molar-refractivity contribution in [2.45, 2.75) is 44.9 Å². The van der Waals surface area contributed by atoms with Gasteiger partial charge in [0.1, 0.15) is 6.04 Å². The van der Waals surface area contributed by atoms with Gasteiger partial charge in [-0.25, -0.2) is 0 Å². The number of nitrogens with two attached hydrogens (primary N) is 1. The lowest BCUT2D eigenvalue weighted by atomic mass is 10.0. The van der Waals surface area contributed by atoms with Gasteiger partial charge >= 0.3 is 0 Å². The number of nitrogen functional groups attached to an aromatic ring is 1. The molecule has 0 aliphatic carbocycles. The molecule has 3 amide bonds. The first kappa shape index (κ1) is 18.7. The van der Waals surface area contributed by atoms with Crippen LogP contribution in [0.3, 0.4) is 0 Å². The summed E-state index contributed by atoms with van der Waals surface area (Å²) in [6.45, 7) is 2.75. The smallest absolute Gasteiger partial charge is 0.255 e. The number of carbonyl (C=O) groups excluding carboxylic acids is 3. The predicted molar refractivity (Wildman–Crippen MR) is 109 cm³/mol. The summed E-state index contributed by atoms with van der Waals surface area (Å²) < 4.78 is 0. The third-order valence-electron chi connectivity index (χ3n) is 6.22. The fourth-order valence-corrected chi connectivity index (χ4v) is 4.66. The molecule has 3 aliphatic rings. The van der Waals surface area contributed by atoms with Crippen molar-refractivity contribution in [2.75, 3.05) is 12.3 Å². The molecule has 1 fully saturated rings. The van der Waals surface area contributed by atoms with Gasteiger partial charge in [0.2, 0.25) is 11.8 Å². The maximum atomic E-state index is 13.0. The Bertz CT molecular complexity index is 1070. The van der Waals surface area contributed by atoms with E-state index >= 15 is 0 Å². The van der Waals surface area contributed by atoms with Crippen molar-refractivity contribution in [1.82, 2.24) is 20.1 Å². The van der Waals surface area contributed by atoms with Crippen LogP contribution in [0.2, 0.25) is 0 Å². The van der Waals surface area contributed by atoms with Crippen molar-refractivity contribution in [3.05, 3.63) is 58.4 Å². The van der Waals surface area contributed by atoms with E-state index in [1.807, 2.05) is 24.3 Å². The maximum Gasteiger partial charge on any atom is 0.255 e. The van der Waals surface area contributed by atoms with E-state index < -0.39 is 6.04 Å². The van der Waals surface area contributed by atoms with Crippen molar-refractivity contribution in [3.63, 3.8) is 0 Å². The van der Waals surface area contributed by atoms with Gasteiger partial charge in [-0.3, -0.25) is 29.6 Å². The standard InChI is InChI=1S/C22H23N5O3/c23-15-8-13-6-7-26(12-18(13)24-9-15)10-14-2-1-3-16-17(14)11-27(22(16)30)19-4-5-20(28)25-21(19)29/h1-3,8-9,19H,4-7,10-12,23H2,(H,25,28,29). The molecule has 1 aromatic heterocycles. The first-order chi connectivity index (χ1) is 14.5. The molecule has 154 valence electrons. The summed E-state index contributed by atoms with van der Waals surface area (Å²) in [5, 5.41) is 2.35. The Kier molecular flexibility index (Phi) is 4.51. The highest BCUT2D eigenvalue weighted by molar-refractivity contribution is 6.05. The molecule has 1 atom stereocenters. The molecular formula is C22H23N5O3. The Labute approximate surface area is 174 Å². The summed E-state index contributed by atoms with van der Waals surface area (Å²) in [6, 6.07) is 7.18. The Hall–Kier alpha value is -3.26. The molecule has 3 N–H and O–H groups in total. The molecule has 4 heterocycles. The van der Waals surface area contributed by atoms with Gasteiger partial charge in [-0.15, -0.1) is 0 Å². The molecule has 0 saturated carbocycles. The summed E-state index contributed by atoms with van der Waals surface area (Å²) in [7, 11) is 0. The van der Waals surface area contributed by atoms with Crippen molar-refractivity contribution in [2.24, 2.45) is 0 Å². The van der Waals surface area contributed by atoms with Crippen LogP contribution in [0.4, 0.5) is 5.69 Å². The SMILES string of the molecule is Nc1cnc2c(c1)CCN(Cc1cccc3c1CN(C1CCC(=O)NC1=O)C3=O)C2. The second kappa shape index (κ2) is 7.21. The number of piperidine rings is 1. The Morgan fingerprint density at radius 3 is 2.87 bits per heavy atom. The van der Waals surface area contributed by atoms with E-state index in [4.69, 9.17) is 5.73 Å². The fourth-order valence-electron chi connectivity index (χ4n) is 4.66. The Morgan fingerprint density at radius 1 is 1.17 bits per heavy atom. The van der Waals surface area contributed by atoms with E-state index in [1.54, 1.807) is 11.1 Å². The molecule has 1 aromatic carbocycles. The lowest BCUT2D eigenvalue weighted by Gasteiger charge is -2.30. The zero-order chi connectivity index (χ0) is 20.8. The lowest BCUT2D eigenvalue weighted by Crippen LogP contribution is -2.52. The lowest BCUT2D eigenvalue weighted by molar-refractivity contribution is -0.136. The number of amides is 3. The number of carbonyl (C=O) groups is 3. The van der Waals surface area contributed by atoms with Crippen molar-refractivity contribution < 1.29 is 14.4 Å². The number of hydrogen-bond acceptors (Lipinski definition) is 6. The van der Waals surface area contributed by atoms with E-state index in [-0.39, 0.29) is 24.1 Å². The van der Waals surface area contributed by atoms with Gasteiger partial charge < -0.3 is 10.6 Å². The number of nitrogens with zero attached hydrogens (tertiary/aromatic N) is 3. The minimum atomic E-state index is -0.591. The number of hydrogen-bond donors (Lipinski definition) is 2. The van der Waals surface area contributed by atoms with Crippen molar-refractivity contribution in [1.29, 1.82) is 0 Å². The normalized spacial score (nSPS) is 21.4. The van der Waals surface area contributed by atoms with Gasteiger partial charge in [-0.2, -0.15) is 0 Å². The number of rotatable bonds is 3. The molecule has 30 heavy (non-hydrogen) atoms. The minimum absolute atomic E-state index is 0.137. The minimum Gasteiger partial charge on any atom is -0.397 e. The summed E-state index contributed by atoms with van der Waals surface area (Å²) in [6.07, 6.45) is 3.22. The molecule has 0 radical (unpaired) electrons. The third-order valence-corrected chi connectivity index (χ3v) is 6.22. The average Bonchev–Trinajstić information content (AvgIpc) is 3.06. The molecule has 8 heteroatoms. The van der Waals surface area contributed by atoms with E-state index in [9.17, 15) is 14.4 Å². The molecule has 5 rings (SSSR count). The van der Waals surface area contributed by atoms with E-state index in [2.05, 4.69) is 15.2 Å². The molecule has 0 spiro atoms. The maximum absolute atomic E-state index is 13.0. The van der Waals surface area contributed by atoms with Crippen LogP contribution in [0.25, 0.3) is 0 Å². The van der Waals surface area contributed by atoms with Crippen LogP contribution in [0.5, 0.6) is 0 Å². The largest absolute Gasteiger partial charge is 0.397 e. The van der Waals surface area contributed by atoms with Crippen LogP contribution < -0.4 is 11.1 Å². The van der Waals surface area contributed by atoms with E-state index in [0.717, 1.165) is 36.3 Å². The van der Waals surface area contributed by atoms with Crippen molar-refractivity contribution in [3.8, 4) is 0 Å². The topological polar surface area (TPSA) is 109 Å². The first-order valence-corrected chi connectivity index (χ1v) is 10.2.